The van der Waals surface area contributed by atoms with E-state index in [9.17, 15) is 19.0 Å². The molecule has 0 bridgehead atoms. The molecule has 1 saturated heterocycles. The lowest BCUT2D eigenvalue weighted by Crippen LogP contribution is -2.38. The average molecular weight is 319 g/mol. The highest BCUT2D eigenvalue weighted by Gasteiger charge is 2.41. The Labute approximate surface area is 133 Å². The van der Waals surface area contributed by atoms with Crippen LogP contribution >= 0.6 is 0 Å². The van der Waals surface area contributed by atoms with E-state index in [1.54, 1.807) is 4.90 Å². The second-order valence-corrected chi connectivity index (χ2v) is 5.89. The zero-order valence-electron chi connectivity index (χ0n) is 12.6. The van der Waals surface area contributed by atoms with Crippen LogP contribution in [0.15, 0.2) is 48.5 Å². The van der Waals surface area contributed by atoms with Crippen LogP contribution < -0.4 is 0 Å². The Kier molecular flexibility index (Phi) is 4.71. The van der Waals surface area contributed by atoms with Gasteiger partial charge in [-0.25, -0.2) is 8.78 Å². The molecule has 122 valence electrons. The zero-order valence-corrected chi connectivity index (χ0v) is 12.6. The van der Waals surface area contributed by atoms with Crippen molar-refractivity contribution in [2.75, 3.05) is 13.2 Å². The van der Waals surface area contributed by atoms with Gasteiger partial charge in [0.2, 0.25) is 0 Å². The lowest BCUT2D eigenvalue weighted by molar-refractivity contribution is 0.0632. The van der Waals surface area contributed by atoms with E-state index in [0.717, 1.165) is 5.56 Å². The highest BCUT2D eigenvalue weighted by molar-refractivity contribution is 5.25. The van der Waals surface area contributed by atoms with Gasteiger partial charge in [-0.2, -0.15) is 0 Å². The second-order valence-electron chi connectivity index (χ2n) is 5.89. The predicted molar refractivity (Wildman–Crippen MR) is 82.8 cm³/mol. The van der Waals surface area contributed by atoms with Crippen molar-refractivity contribution in [3.05, 3.63) is 71.3 Å². The summed E-state index contributed by atoms with van der Waals surface area (Å²) in [6.07, 6.45) is -0.780. The molecule has 1 aliphatic heterocycles. The Morgan fingerprint density at radius 3 is 2.26 bits per heavy atom. The monoisotopic (exact) mass is 319 g/mol. The number of hydrogen-bond donors (Lipinski definition) is 2. The standard InChI is InChI=1S/C18H19F2NO2/c19-15-7-4-8-16(20)14(15)10-21-9-13(18(23)17(21)11-22)12-5-2-1-3-6-12/h1-8,13,17-18,22-23H,9-11H2/t13-,17-,18-/m1/s1. The first-order valence-corrected chi connectivity index (χ1v) is 7.62. The maximum atomic E-state index is 13.9. The molecule has 2 N–H and O–H groups in total. The Hall–Kier alpha value is -1.82. The highest BCUT2D eigenvalue weighted by atomic mass is 19.1. The minimum absolute atomic E-state index is 0.0180. The van der Waals surface area contributed by atoms with Gasteiger partial charge in [-0.3, -0.25) is 4.90 Å². The smallest absolute Gasteiger partial charge is 0.130 e. The first kappa shape index (κ1) is 16.1. The largest absolute Gasteiger partial charge is 0.395 e. The first-order chi connectivity index (χ1) is 11.1. The number of likely N-dealkylation sites (tertiary alicyclic amines) is 1. The summed E-state index contributed by atoms with van der Waals surface area (Å²) < 4.78 is 27.7. The van der Waals surface area contributed by atoms with Gasteiger partial charge in [-0.15, -0.1) is 0 Å². The van der Waals surface area contributed by atoms with Crippen molar-refractivity contribution in [3.8, 4) is 0 Å². The first-order valence-electron chi connectivity index (χ1n) is 7.62. The minimum atomic E-state index is -0.780. The van der Waals surface area contributed by atoms with Crippen LogP contribution in [0.4, 0.5) is 8.78 Å². The lowest BCUT2D eigenvalue weighted by atomic mass is 9.94. The van der Waals surface area contributed by atoms with E-state index in [1.165, 1.54) is 18.2 Å². The van der Waals surface area contributed by atoms with Gasteiger partial charge in [0.1, 0.15) is 11.6 Å². The summed E-state index contributed by atoms with van der Waals surface area (Å²) >= 11 is 0. The van der Waals surface area contributed by atoms with Crippen LogP contribution in [0.3, 0.4) is 0 Å². The molecule has 3 nitrogen and oxygen atoms in total. The lowest BCUT2D eigenvalue weighted by Gasteiger charge is -2.24. The molecular weight excluding hydrogens is 300 g/mol. The second kappa shape index (κ2) is 6.74. The van der Waals surface area contributed by atoms with Crippen LogP contribution in [0.1, 0.15) is 17.0 Å². The molecule has 1 fully saturated rings. The summed E-state index contributed by atoms with van der Waals surface area (Å²) in [6.45, 7) is 0.189. The van der Waals surface area contributed by atoms with Crippen LogP contribution in [0.5, 0.6) is 0 Å². The molecular formula is C18H19F2NO2. The van der Waals surface area contributed by atoms with E-state index in [2.05, 4.69) is 0 Å². The number of aliphatic hydroxyl groups is 2. The van der Waals surface area contributed by atoms with Gasteiger partial charge in [0, 0.05) is 24.6 Å². The molecule has 0 amide bonds. The van der Waals surface area contributed by atoms with Crippen molar-refractivity contribution in [2.45, 2.75) is 24.6 Å². The summed E-state index contributed by atoms with van der Waals surface area (Å²) in [4.78, 5) is 1.74. The SMILES string of the molecule is OC[C@@H]1[C@H](O)[C@@H](c2ccccc2)CN1Cc1c(F)cccc1F. The number of hydrogen-bond acceptors (Lipinski definition) is 3. The minimum Gasteiger partial charge on any atom is -0.395 e. The zero-order chi connectivity index (χ0) is 16.4. The van der Waals surface area contributed by atoms with Crippen molar-refractivity contribution in [3.63, 3.8) is 0 Å². The molecule has 3 atom stereocenters. The molecule has 0 spiro atoms. The van der Waals surface area contributed by atoms with Crippen molar-refractivity contribution in [1.82, 2.24) is 4.90 Å². The Bertz CT molecular complexity index is 645. The van der Waals surface area contributed by atoms with E-state index in [1.807, 2.05) is 30.3 Å². The van der Waals surface area contributed by atoms with Crippen molar-refractivity contribution in [1.29, 1.82) is 0 Å². The van der Waals surface area contributed by atoms with E-state index < -0.39 is 23.8 Å². The van der Waals surface area contributed by atoms with Gasteiger partial charge in [0.25, 0.3) is 0 Å². The van der Waals surface area contributed by atoms with Gasteiger partial charge < -0.3 is 10.2 Å². The molecule has 0 unspecified atom stereocenters. The predicted octanol–water partition coefficient (Wildman–Crippen LogP) is 2.29. The van der Waals surface area contributed by atoms with Crippen LogP contribution in [0, 0.1) is 11.6 Å². The van der Waals surface area contributed by atoms with Crippen LogP contribution in [0.25, 0.3) is 0 Å². The molecule has 2 aromatic rings. The molecule has 3 rings (SSSR count). The van der Waals surface area contributed by atoms with E-state index >= 15 is 0 Å². The summed E-state index contributed by atoms with van der Waals surface area (Å²) in [6, 6.07) is 12.7. The van der Waals surface area contributed by atoms with Gasteiger partial charge in [0.15, 0.2) is 0 Å². The van der Waals surface area contributed by atoms with Crippen LogP contribution in [-0.2, 0) is 6.54 Å². The fraction of sp³-hybridized carbons (Fsp3) is 0.333. The molecule has 0 saturated carbocycles. The van der Waals surface area contributed by atoms with Gasteiger partial charge >= 0.3 is 0 Å². The maximum Gasteiger partial charge on any atom is 0.130 e. The number of rotatable bonds is 4. The quantitative estimate of drug-likeness (QED) is 0.909. The molecule has 23 heavy (non-hydrogen) atoms. The fourth-order valence-corrected chi connectivity index (χ4v) is 3.27. The third-order valence-electron chi connectivity index (χ3n) is 4.54. The number of aliphatic hydroxyl groups excluding tert-OH is 2. The average Bonchev–Trinajstić information content (AvgIpc) is 2.87. The molecule has 2 aromatic carbocycles. The van der Waals surface area contributed by atoms with Crippen molar-refractivity contribution >= 4 is 0 Å². The highest BCUT2D eigenvalue weighted by Crippen LogP contribution is 2.33. The summed E-state index contributed by atoms with van der Waals surface area (Å²) in [5.41, 5.74) is 0.918. The fourth-order valence-electron chi connectivity index (χ4n) is 3.27. The summed E-state index contributed by atoms with van der Waals surface area (Å²) in [5, 5.41) is 20.1. The molecule has 1 aliphatic rings. The van der Waals surface area contributed by atoms with E-state index in [-0.39, 0.29) is 24.6 Å². The molecule has 5 heteroatoms. The number of halogens is 2. The van der Waals surface area contributed by atoms with Gasteiger partial charge in [0.05, 0.1) is 18.8 Å². The topological polar surface area (TPSA) is 43.7 Å². The maximum absolute atomic E-state index is 13.9. The van der Waals surface area contributed by atoms with E-state index in [4.69, 9.17) is 0 Å². The third-order valence-corrected chi connectivity index (χ3v) is 4.54. The normalized spacial score (nSPS) is 25.0. The molecule has 1 heterocycles. The summed E-state index contributed by atoms with van der Waals surface area (Å²) in [7, 11) is 0. The van der Waals surface area contributed by atoms with Gasteiger partial charge in [-0.05, 0) is 17.7 Å². The Morgan fingerprint density at radius 1 is 1.00 bits per heavy atom. The van der Waals surface area contributed by atoms with E-state index in [0.29, 0.717) is 6.54 Å². The van der Waals surface area contributed by atoms with Crippen LogP contribution in [0.2, 0.25) is 0 Å². The van der Waals surface area contributed by atoms with Crippen molar-refractivity contribution < 1.29 is 19.0 Å². The molecule has 0 radical (unpaired) electrons. The molecule has 0 aliphatic carbocycles. The van der Waals surface area contributed by atoms with Crippen LogP contribution in [-0.4, -0.2) is 40.4 Å². The number of benzene rings is 2. The number of nitrogens with zero attached hydrogens (tertiary/aromatic N) is 1. The van der Waals surface area contributed by atoms with Crippen molar-refractivity contribution in [2.24, 2.45) is 0 Å². The summed E-state index contributed by atoms with van der Waals surface area (Å²) in [5.74, 6) is -1.41. The molecule has 0 aromatic heterocycles. The Morgan fingerprint density at radius 2 is 1.65 bits per heavy atom. The van der Waals surface area contributed by atoms with Gasteiger partial charge in [-0.1, -0.05) is 36.4 Å². The third kappa shape index (κ3) is 3.13. The Balaban J connectivity index is 1.85.